The summed E-state index contributed by atoms with van der Waals surface area (Å²) in [5, 5.41) is 13.6. The number of nitrogens with one attached hydrogen (secondary N) is 1. The number of rotatable bonds is 5. The number of benzene rings is 3. The minimum absolute atomic E-state index is 0.00319. The number of ether oxygens (including phenoxy) is 1. The van der Waals surface area contributed by atoms with Gasteiger partial charge in [-0.25, -0.2) is 0 Å². The molecule has 0 aliphatic rings. The quantitative estimate of drug-likeness (QED) is 0.206. The summed E-state index contributed by atoms with van der Waals surface area (Å²) in [6, 6.07) is 11.7. The van der Waals surface area contributed by atoms with E-state index in [0.29, 0.717) is 0 Å². The first-order valence-corrected chi connectivity index (χ1v) is 9.79. The number of non-ortho nitro benzene ring substituents is 1. The van der Waals surface area contributed by atoms with Gasteiger partial charge < -0.3 is 10.1 Å². The molecule has 3 rings (SSSR count). The third-order valence-electron chi connectivity index (χ3n) is 4.08. The van der Waals surface area contributed by atoms with Crippen molar-refractivity contribution >= 4 is 44.1 Å². The Morgan fingerprint density at radius 1 is 1.07 bits per heavy atom. The van der Waals surface area contributed by atoms with Gasteiger partial charge in [0, 0.05) is 41.5 Å². The Balaban J connectivity index is 2.15. The summed E-state index contributed by atoms with van der Waals surface area (Å²) in [4.78, 5) is 33.8. The first-order valence-electron chi connectivity index (χ1n) is 8.35. The van der Waals surface area contributed by atoms with E-state index in [-0.39, 0.29) is 33.5 Å². The van der Waals surface area contributed by atoms with Gasteiger partial charge in [-0.1, -0.05) is 24.3 Å². The molecule has 0 aliphatic carbocycles. The van der Waals surface area contributed by atoms with Crippen molar-refractivity contribution in [1.82, 2.24) is 0 Å². The number of carbonyl (C=O) groups excluding carboxylic acids is 2. The van der Waals surface area contributed by atoms with E-state index in [1.54, 1.807) is 6.07 Å². The Morgan fingerprint density at radius 2 is 1.67 bits per heavy atom. The highest BCUT2D eigenvalue weighted by molar-refractivity contribution is 7.86. The second-order valence-electron chi connectivity index (χ2n) is 6.12. The van der Waals surface area contributed by atoms with Crippen molar-refractivity contribution in [3.63, 3.8) is 0 Å². The molecule has 11 heteroatoms. The Hall–Kier alpha value is -3.83. The van der Waals surface area contributed by atoms with Crippen LogP contribution in [0.15, 0.2) is 59.5 Å². The maximum Gasteiger partial charge on any atom is 0.308 e. The van der Waals surface area contributed by atoms with Crippen LogP contribution in [0.25, 0.3) is 10.8 Å². The third-order valence-corrected chi connectivity index (χ3v) is 4.97. The molecule has 0 aromatic heterocycles. The van der Waals surface area contributed by atoms with Crippen LogP contribution in [0.4, 0.5) is 11.4 Å². The second-order valence-corrected chi connectivity index (χ2v) is 7.51. The molecule has 0 aliphatic heterocycles. The second kappa shape index (κ2) is 7.89. The number of hydrogen-bond acceptors (Lipinski definition) is 7. The van der Waals surface area contributed by atoms with E-state index in [0.717, 1.165) is 25.1 Å². The number of nitro groups is 1. The van der Waals surface area contributed by atoms with Crippen LogP contribution in [-0.2, 0) is 14.9 Å². The SMILES string of the molecule is CC(=O)Oc1cc(S(=O)(=O)O)c2ccccc2c1NC(=O)c1ccc([N+](=O)[O-])cc1. The molecule has 10 nitrogen and oxygen atoms in total. The fourth-order valence-corrected chi connectivity index (χ4v) is 3.53. The normalized spacial score (nSPS) is 11.1. The number of esters is 1. The number of amides is 1. The summed E-state index contributed by atoms with van der Waals surface area (Å²) in [6.07, 6.45) is 0. The number of nitrogens with zero attached hydrogens (tertiary/aromatic N) is 1. The molecule has 0 saturated carbocycles. The van der Waals surface area contributed by atoms with E-state index in [1.165, 1.54) is 30.3 Å². The van der Waals surface area contributed by atoms with Gasteiger partial charge in [0.2, 0.25) is 0 Å². The van der Waals surface area contributed by atoms with Crippen LogP contribution >= 0.6 is 0 Å². The molecule has 3 aromatic rings. The Kier molecular flexibility index (Phi) is 5.49. The van der Waals surface area contributed by atoms with Crippen molar-refractivity contribution < 1.29 is 32.2 Å². The van der Waals surface area contributed by atoms with Crippen LogP contribution < -0.4 is 10.1 Å². The predicted octanol–water partition coefficient (Wildman–Crippen LogP) is 3.17. The van der Waals surface area contributed by atoms with Crippen LogP contribution in [0.3, 0.4) is 0 Å². The van der Waals surface area contributed by atoms with Crippen LogP contribution in [-0.4, -0.2) is 29.8 Å². The highest BCUT2D eigenvalue weighted by atomic mass is 32.2. The molecule has 1 amide bonds. The van der Waals surface area contributed by atoms with Crippen LogP contribution in [0, 0.1) is 10.1 Å². The van der Waals surface area contributed by atoms with Crippen molar-refractivity contribution in [3.8, 4) is 5.75 Å². The first-order chi connectivity index (χ1) is 14.1. The van der Waals surface area contributed by atoms with Crippen molar-refractivity contribution in [2.24, 2.45) is 0 Å². The summed E-state index contributed by atoms with van der Waals surface area (Å²) in [5.74, 6) is -1.75. The molecule has 0 saturated heterocycles. The lowest BCUT2D eigenvalue weighted by Crippen LogP contribution is -2.15. The molecule has 154 valence electrons. The molecule has 0 bridgehead atoms. The minimum Gasteiger partial charge on any atom is -0.424 e. The molecule has 0 atom stereocenters. The van der Waals surface area contributed by atoms with Gasteiger partial charge in [0.05, 0.1) is 10.6 Å². The van der Waals surface area contributed by atoms with Crippen molar-refractivity contribution in [2.45, 2.75) is 11.8 Å². The van der Waals surface area contributed by atoms with Gasteiger partial charge >= 0.3 is 5.97 Å². The first kappa shape index (κ1) is 20.9. The summed E-state index contributed by atoms with van der Waals surface area (Å²) in [6.45, 7) is 1.09. The molecule has 2 N–H and O–H groups in total. The average molecular weight is 430 g/mol. The van der Waals surface area contributed by atoms with Gasteiger partial charge in [-0.2, -0.15) is 8.42 Å². The smallest absolute Gasteiger partial charge is 0.308 e. The van der Waals surface area contributed by atoms with E-state index >= 15 is 0 Å². The van der Waals surface area contributed by atoms with Crippen LogP contribution in [0.5, 0.6) is 5.75 Å². The molecule has 0 radical (unpaired) electrons. The molecule has 30 heavy (non-hydrogen) atoms. The van der Waals surface area contributed by atoms with E-state index in [4.69, 9.17) is 4.74 Å². The zero-order valence-corrected chi connectivity index (χ0v) is 16.2. The molecule has 0 heterocycles. The Bertz CT molecular complexity index is 1280. The zero-order valence-electron chi connectivity index (χ0n) is 15.4. The summed E-state index contributed by atoms with van der Waals surface area (Å²) in [5.41, 5.74) is -0.121. The number of fused-ring (bicyclic) bond motifs is 1. The minimum atomic E-state index is -4.67. The molecular formula is C19H14N2O8S. The lowest BCUT2D eigenvalue weighted by Gasteiger charge is -2.16. The molecule has 0 fully saturated rings. The lowest BCUT2D eigenvalue weighted by atomic mass is 10.1. The van der Waals surface area contributed by atoms with Gasteiger partial charge in [0.25, 0.3) is 21.7 Å². The summed E-state index contributed by atoms with van der Waals surface area (Å²) < 4.78 is 38.2. The maximum atomic E-state index is 12.7. The predicted molar refractivity (Wildman–Crippen MR) is 106 cm³/mol. The van der Waals surface area contributed by atoms with E-state index < -0.39 is 31.8 Å². The molecule has 3 aromatic carbocycles. The van der Waals surface area contributed by atoms with Gasteiger partial charge in [0.15, 0.2) is 5.75 Å². The average Bonchev–Trinajstić information content (AvgIpc) is 2.68. The van der Waals surface area contributed by atoms with Crippen LogP contribution in [0.2, 0.25) is 0 Å². The van der Waals surface area contributed by atoms with Crippen molar-refractivity contribution in [2.75, 3.05) is 5.32 Å². The Labute approximate surface area is 170 Å². The van der Waals surface area contributed by atoms with E-state index in [2.05, 4.69) is 5.32 Å². The highest BCUT2D eigenvalue weighted by Gasteiger charge is 2.23. The summed E-state index contributed by atoms with van der Waals surface area (Å²) >= 11 is 0. The number of nitro benzene ring substituents is 1. The fraction of sp³-hybridized carbons (Fsp3) is 0.0526. The number of anilines is 1. The largest absolute Gasteiger partial charge is 0.424 e. The topological polar surface area (TPSA) is 153 Å². The number of hydrogen-bond donors (Lipinski definition) is 2. The highest BCUT2D eigenvalue weighted by Crippen LogP contribution is 2.38. The van der Waals surface area contributed by atoms with Gasteiger partial charge in [0.1, 0.15) is 4.90 Å². The fourth-order valence-electron chi connectivity index (χ4n) is 2.82. The molecular weight excluding hydrogens is 416 g/mol. The Morgan fingerprint density at radius 3 is 2.20 bits per heavy atom. The van der Waals surface area contributed by atoms with E-state index in [9.17, 15) is 32.7 Å². The standard InChI is InChI=1S/C19H14N2O8S/c1-11(22)29-16-10-17(30(26,27)28)14-4-2-3-5-15(14)18(16)20-19(23)12-6-8-13(9-7-12)21(24)25/h2-10H,1H3,(H,20,23)(H,26,27,28). The van der Waals surface area contributed by atoms with E-state index in [1.807, 2.05) is 0 Å². The van der Waals surface area contributed by atoms with Crippen molar-refractivity contribution in [1.29, 1.82) is 0 Å². The summed E-state index contributed by atoms with van der Waals surface area (Å²) in [7, 11) is -4.67. The van der Waals surface area contributed by atoms with Crippen molar-refractivity contribution in [3.05, 3.63) is 70.3 Å². The van der Waals surface area contributed by atoms with Crippen LogP contribution in [0.1, 0.15) is 17.3 Å². The lowest BCUT2D eigenvalue weighted by molar-refractivity contribution is -0.384. The van der Waals surface area contributed by atoms with Gasteiger partial charge in [-0.3, -0.25) is 24.3 Å². The maximum absolute atomic E-state index is 12.7. The third kappa shape index (κ3) is 4.26. The zero-order chi connectivity index (χ0) is 22.1. The van der Waals surface area contributed by atoms with Gasteiger partial charge in [-0.05, 0) is 12.1 Å². The number of carbonyl (C=O) groups is 2. The van der Waals surface area contributed by atoms with Gasteiger partial charge in [-0.15, -0.1) is 0 Å². The molecule has 0 spiro atoms. The molecule has 0 unspecified atom stereocenters. The monoisotopic (exact) mass is 430 g/mol.